The van der Waals surface area contributed by atoms with Crippen molar-refractivity contribution in [2.75, 3.05) is 31.6 Å². The van der Waals surface area contributed by atoms with Crippen molar-refractivity contribution in [3.05, 3.63) is 53.8 Å². The van der Waals surface area contributed by atoms with Crippen LogP contribution in [0, 0.1) is 5.82 Å². The molecule has 28 heavy (non-hydrogen) atoms. The normalized spacial score (nSPS) is 13.4. The van der Waals surface area contributed by atoms with Crippen molar-refractivity contribution in [3.63, 3.8) is 0 Å². The number of rotatable bonds is 7. The van der Waals surface area contributed by atoms with Gasteiger partial charge in [-0.1, -0.05) is 19.1 Å². The molecular weight excluding hydrogens is 387 g/mol. The minimum Gasteiger partial charge on any atom is -0.486 e. The Hall–Kier alpha value is -2.65. The molecule has 0 aromatic heterocycles. The molecule has 150 valence electrons. The van der Waals surface area contributed by atoms with Crippen LogP contribution in [0.5, 0.6) is 11.5 Å². The maximum Gasteiger partial charge on any atom is 0.239 e. The van der Waals surface area contributed by atoms with E-state index in [-0.39, 0.29) is 18.8 Å². The summed E-state index contributed by atoms with van der Waals surface area (Å²) < 4.78 is 50.5. The highest BCUT2D eigenvalue weighted by atomic mass is 32.2. The van der Waals surface area contributed by atoms with E-state index in [4.69, 9.17) is 9.47 Å². The van der Waals surface area contributed by atoms with Gasteiger partial charge in [0, 0.05) is 18.3 Å². The Balaban J connectivity index is 1.65. The second kappa shape index (κ2) is 8.57. The fourth-order valence-electron chi connectivity index (χ4n) is 2.82. The van der Waals surface area contributed by atoms with Gasteiger partial charge in [-0.2, -0.15) is 4.31 Å². The first-order valence-corrected chi connectivity index (χ1v) is 10.4. The molecule has 1 aliphatic rings. The van der Waals surface area contributed by atoms with Gasteiger partial charge >= 0.3 is 0 Å². The van der Waals surface area contributed by atoms with Gasteiger partial charge in [-0.25, -0.2) is 12.8 Å². The van der Waals surface area contributed by atoms with Crippen LogP contribution in [0.3, 0.4) is 0 Å². The summed E-state index contributed by atoms with van der Waals surface area (Å²) in [5.41, 5.74) is 0.804. The van der Waals surface area contributed by atoms with Crippen molar-refractivity contribution in [1.82, 2.24) is 4.31 Å². The monoisotopic (exact) mass is 408 g/mol. The molecule has 9 heteroatoms. The SMILES string of the molecule is CCN(CC(=O)Nc1ccc2c(c1)OCCO2)S(=O)(=O)Cc1cccc(F)c1. The molecule has 0 unspecified atom stereocenters. The van der Waals surface area contributed by atoms with Crippen molar-refractivity contribution in [2.24, 2.45) is 0 Å². The third-order valence-electron chi connectivity index (χ3n) is 4.13. The molecule has 3 rings (SSSR count). The van der Waals surface area contributed by atoms with Crippen LogP contribution in [0.4, 0.5) is 10.1 Å². The lowest BCUT2D eigenvalue weighted by molar-refractivity contribution is -0.116. The minimum atomic E-state index is -3.78. The number of carbonyl (C=O) groups excluding carboxylic acids is 1. The number of nitrogens with one attached hydrogen (secondary N) is 1. The molecule has 0 bridgehead atoms. The fourth-order valence-corrected chi connectivity index (χ4v) is 4.31. The summed E-state index contributed by atoms with van der Waals surface area (Å²) in [7, 11) is -3.78. The van der Waals surface area contributed by atoms with E-state index in [1.54, 1.807) is 25.1 Å². The van der Waals surface area contributed by atoms with E-state index in [9.17, 15) is 17.6 Å². The number of benzene rings is 2. The molecule has 2 aromatic rings. The van der Waals surface area contributed by atoms with Gasteiger partial charge in [0.05, 0.1) is 12.3 Å². The molecule has 0 spiro atoms. The smallest absolute Gasteiger partial charge is 0.239 e. The Labute approximate surface area is 163 Å². The summed E-state index contributed by atoms with van der Waals surface area (Å²) in [5, 5.41) is 2.66. The predicted molar refractivity (Wildman–Crippen MR) is 102 cm³/mol. The number of hydrogen-bond donors (Lipinski definition) is 1. The lowest BCUT2D eigenvalue weighted by atomic mass is 10.2. The standard InChI is InChI=1S/C19H21FN2O5S/c1-2-22(28(24,25)13-14-4-3-5-15(20)10-14)12-19(23)21-16-6-7-17-18(11-16)27-9-8-26-17/h3-7,10-11H,2,8-9,12-13H2,1H3,(H,21,23). The van der Waals surface area contributed by atoms with Gasteiger partial charge in [0.1, 0.15) is 19.0 Å². The Kier molecular flexibility index (Phi) is 6.15. The van der Waals surface area contributed by atoms with Crippen LogP contribution in [0.2, 0.25) is 0 Å². The van der Waals surface area contributed by atoms with Crippen molar-refractivity contribution in [3.8, 4) is 11.5 Å². The molecule has 1 N–H and O–H groups in total. The Morgan fingerprint density at radius 3 is 2.61 bits per heavy atom. The molecule has 0 saturated heterocycles. The van der Waals surface area contributed by atoms with Gasteiger partial charge in [0.2, 0.25) is 15.9 Å². The van der Waals surface area contributed by atoms with Crippen molar-refractivity contribution in [1.29, 1.82) is 0 Å². The first-order chi connectivity index (χ1) is 13.4. The van der Waals surface area contributed by atoms with Gasteiger partial charge in [0.25, 0.3) is 0 Å². The van der Waals surface area contributed by atoms with Crippen LogP contribution in [0.15, 0.2) is 42.5 Å². The van der Waals surface area contributed by atoms with E-state index in [0.717, 1.165) is 4.31 Å². The van der Waals surface area contributed by atoms with Crippen molar-refractivity contribution in [2.45, 2.75) is 12.7 Å². The Morgan fingerprint density at radius 1 is 1.14 bits per heavy atom. The largest absolute Gasteiger partial charge is 0.486 e. The van der Waals surface area contributed by atoms with E-state index >= 15 is 0 Å². The van der Waals surface area contributed by atoms with Gasteiger partial charge in [0.15, 0.2) is 11.5 Å². The van der Waals surface area contributed by atoms with Crippen LogP contribution in [0.25, 0.3) is 0 Å². The summed E-state index contributed by atoms with van der Waals surface area (Å²) in [6.07, 6.45) is 0. The summed E-state index contributed by atoms with van der Waals surface area (Å²) in [5.74, 6) is -0.253. The molecule has 0 fully saturated rings. The number of carbonyl (C=O) groups is 1. The molecule has 7 nitrogen and oxygen atoms in total. The van der Waals surface area contributed by atoms with Crippen LogP contribution in [-0.4, -0.2) is 44.9 Å². The number of amides is 1. The quantitative estimate of drug-likeness (QED) is 0.760. The maximum atomic E-state index is 13.3. The van der Waals surface area contributed by atoms with Gasteiger partial charge in [-0.15, -0.1) is 0 Å². The lowest BCUT2D eigenvalue weighted by Crippen LogP contribution is -2.38. The van der Waals surface area contributed by atoms with E-state index in [0.29, 0.717) is 36.0 Å². The highest BCUT2D eigenvalue weighted by Gasteiger charge is 2.24. The Morgan fingerprint density at radius 2 is 1.89 bits per heavy atom. The number of hydrogen-bond acceptors (Lipinski definition) is 5. The summed E-state index contributed by atoms with van der Waals surface area (Å²) in [6, 6.07) is 10.4. The number of nitrogens with zero attached hydrogens (tertiary/aromatic N) is 1. The Bertz CT molecular complexity index is 965. The zero-order valence-electron chi connectivity index (χ0n) is 15.4. The molecular formula is C19H21FN2O5S. The molecule has 0 aliphatic carbocycles. The maximum absolute atomic E-state index is 13.3. The molecule has 0 radical (unpaired) electrons. The third kappa shape index (κ3) is 4.99. The van der Waals surface area contributed by atoms with Crippen LogP contribution in [0.1, 0.15) is 12.5 Å². The number of likely N-dealkylation sites (N-methyl/N-ethyl adjacent to an activating group) is 1. The first kappa shape index (κ1) is 20.1. The number of sulfonamides is 1. The molecule has 2 aromatic carbocycles. The third-order valence-corrected chi connectivity index (χ3v) is 6.00. The van der Waals surface area contributed by atoms with Crippen LogP contribution >= 0.6 is 0 Å². The van der Waals surface area contributed by atoms with Crippen molar-refractivity contribution < 1.29 is 27.1 Å². The van der Waals surface area contributed by atoms with E-state index < -0.39 is 21.7 Å². The molecule has 0 saturated carbocycles. The van der Waals surface area contributed by atoms with Crippen molar-refractivity contribution >= 4 is 21.6 Å². The van der Waals surface area contributed by atoms with Gasteiger partial charge in [-0.3, -0.25) is 4.79 Å². The average molecular weight is 408 g/mol. The molecule has 1 amide bonds. The highest BCUT2D eigenvalue weighted by molar-refractivity contribution is 7.88. The minimum absolute atomic E-state index is 0.117. The summed E-state index contributed by atoms with van der Waals surface area (Å²) in [6.45, 7) is 2.30. The number of anilines is 1. The highest BCUT2D eigenvalue weighted by Crippen LogP contribution is 2.32. The molecule has 0 atom stereocenters. The molecule has 1 aliphatic heterocycles. The first-order valence-electron chi connectivity index (χ1n) is 8.79. The van der Waals surface area contributed by atoms with Crippen LogP contribution in [-0.2, 0) is 20.6 Å². The second-order valence-corrected chi connectivity index (χ2v) is 8.19. The van der Waals surface area contributed by atoms with E-state index in [2.05, 4.69) is 5.32 Å². The zero-order valence-corrected chi connectivity index (χ0v) is 16.2. The number of ether oxygens (including phenoxy) is 2. The summed E-state index contributed by atoms with van der Waals surface area (Å²) in [4.78, 5) is 12.4. The second-order valence-electron chi connectivity index (χ2n) is 6.22. The predicted octanol–water partition coefficient (Wildman–Crippen LogP) is 2.39. The summed E-state index contributed by atoms with van der Waals surface area (Å²) >= 11 is 0. The number of fused-ring (bicyclic) bond motifs is 1. The van der Waals surface area contributed by atoms with Gasteiger partial charge < -0.3 is 14.8 Å². The van der Waals surface area contributed by atoms with E-state index in [1.807, 2.05) is 0 Å². The zero-order chi connectivity index (χ0) is 20.1. The van der Waals surface area contributed by atoms with E-state index in [1.165, 1.54) is 24.3 Å². The fraction of sp³-hybridized carbons (Fsp3) is 0.316. The molecule has 1 heterocycles. The average Bonchev–Trinajstić information content (AvgIpc) is 2.65. The van der Waals surface area contributed by atoms with Gasteiger partial charge in [-0.05, 0) is 29.8 Å². The lowest BCUT2D eigenvalue weighted by Gasteiger charge is -2.21. The van der Waals surface area contributed by atoms with Crippen LogP contribution < -0.4 is 14.8 Å². The number of halogens is 1. The topological polar surface area (TPSA) is 84.9 Å².